The Morgan fingerprint density at radius 2 is 2.00 bits per heavy atom. The fourth-order valence-corrected chi connectivity index (χ4v) is 1.17. The van der Waals surface area contributed by atoms with Crippen LogP contribution in [0.4, 0.5) is 12.9 Å². The summed E-state index contributed by atoms with van der Waals surface area (Å²) in [6.07, 6.45) is 0. The average Bonchev–Trinajstić information content (AvgIpc) is 2.25. The highest BCUT2D eigenvalue weighted by molar-refractivity contribution is 6.74. The van der Waals surface area contributed by atoms with Gasteiger partial charge in [-0.3, -0.25) is 0 Å². The van der Waals surface area contributed by atoms with Crippen LogP contribution in [0.2, 0.25) is 0 Å². The van der Waals surface area contributed by atoms with E-state index < -0.39 is 12.4 Å². The molecule has 0 bridgehead atoms. The monoisotopic (exact) mass is 249 g/mol. The minimum absolute atomic E-state index is 0.0483. The summed E-state index contributed by atoms with van der Waals surface area (Å²) >= 11 is 5.39. The lowest BCUT2D eigenvalue weighted by Crippen LogP contribution is -2.35. The number of benzene rings is 1. The van der Waals surface area contributed by atoms with Crippen LogP contribution in [0.5, 0.6) is 5.75 Å². The number of halogens is 4. The van der Waals surface area contributed by atoms with Gasteiger partial charge in [0, 0.05) is 5.54 Å². The van der Waals surface area contributed by atoms with E-state index in [9.17, 15) is 12.9 Å². The molecule has 0 atom stereocenters. The summed E-state index contributed by atoms with van der Waals surface area (Å²) in [5.41, 5.74) is 1.22. The predicted octanol–water partition coefficient (Wildman–Crippen LogP) is 3.26. The Balaban J connectivity index is 2.88. The molecule has 0 saturated heterocycles. The van der Waals surface area contributed by atoms with Crippen molar-refractivity contribution >= 4 is 24.0 Å². The van der Waals surface area contributed by atoms with Gasteiger partial charge >= 0.3 is 6.98 Å². The van der Waals surface area contributed by atoms with Gasteiger partial charge in [-0.25, -0.2) is 0 Å². The van der Waals surface area contributed by atoms with Crippen LogP contribution in [0.3, 0.4) is 0 Å². The summed E-state index contributed by atoms with van der Waals surface area (Å²) in [7, 11) is 0. The van der Waals surface area contributed by atoms with Gasteiger partial charge in [0.2, 0.25) is 0 Å². The van der Waals surface area contributed by atoms with Crippen LogP contribution in [0.15, 0.2) is 35.4 Å². The minimum Gasteiger partial charge on any atom is -0.492 e. The van der Waals surface area contributed by atoms with Gasteiger partial charge in [0.1, 0.15) is 6.61 Å². The van der Waals surface area contributed by atoms with Crippen molar-refractivity contribution in [2.45, 2.75) is 6.92 Å². The molecule has 1 aromatic rings. The lowest BCUT2D eigenvalue weighted by Gasteiger charge is -2.19. The summed E-state index contributed by atoms with van der Waals surface area (Å²) < 4.78 is 42.8. The van der Waals surface area contributed by atoms with Crippen molar-refractivity contribution in [2.75, 3.05) is 6.61 Å². The molecule has 0 aliphatic rings. The third-order valence-electron chi connectivity index (χ3n) is 1.91. The van der Waals surface area contributed by atoms with Gasteiger partial charge in [0.15, 0.2) is 0 Å². The Morgan fingerprint density at radius 1 is 1.38 bits per heavy atom. The zero-order chi connectivity index (χ0) is 12.2. The number of ether oxygens (including phenoxy) is 1. The third-order valence-corrected chi connectivity index (χ3v) is 2.29. The average molecular weight is 249 g/mol. The highest BCUT2D eigenvalue weighted by atomic mass is 35.5. The highest BCUT2D eigenvalue weighted by Crippen LogP contribution is 2.17. The minimum atomic E-state index is -5.05. The van der Waals surface area contributed by atoms with Gasteiger partial charge in [-0.2, -0.15) is 0 Å². The van der Waals surface area contributed by atoms with Gasteiger partial charge in [-0.05, 0) is 18.6 Å². The molecule has 0 spiro atoms. The van der Waals surface area contributed by atoms with Gasteiger partial charge in [0.05, 0.1) is 5.75 Å². The topological polar surface area (TPSA) is 9.23 Å². The van der Waals surface area contributed by atoms with Gasteiger partial charge in [-0.1, -0.05) is 35.3 Å². The quantitative estimate of drug-likeness (QED) is 0.744. The van der Waals surface area contributed by atoms with E-state index in [4.69, 9.17) is 16.3 Å². The van der Waals surface area contributed by atoms with Crippen LogP contribution in [-0.4, -0.2) is 13.6 Å². The number of para-hydroxylation sites is 1. The van der Waals surface area contributed by atoms with Crippen molar-refractivity contribution in [2.24, 2.45) is 0 Å². The van der Waals surface area contributed by atoms with Crippen molar-refractivity contribution in [1.82, 2.24) is 0 Å². The lowest BCUT2D eigenvalue weighted by atomic mass is 9.79. The van der Waals surface area contributed by atoms with Crippen molar-refractivity contribution in [1.29, 1.82) is 0 Å². The van der Waals surface area contributed by atoms with E-state index in [1.807, 2.05) is 0 Å². The first-order chi connectivity index (χ1) is 7.45. The summed E-state index contributed by atoms with van der Waals surface area (Å²) in [5, 5.41) is 0. The van der Waals surface area contributed by atoms with Crippen LogP contribution in [0.25, 0.3) is 0 Å². The van der Waals surface area contributed by atoms with E-state index in [2.05, 4.69) is 0 Å². The van der Waals surface area contributed by atoms with Crippen LogP contribution in [-0.2, 0) is 0 Å². The first kappa shape index (κ1) is 13.0. The van der Waals surface area contributed by atoms with Crippen molar-refractivity contribution in [3.8, 4) is 5.75 Å². The maximum atomic E-state index is 12.6. The highest BCUT2D eigenvalue weighted by Gasteiger charge is 2.28. The number of hydrogen-bond acceptors (Lipinski definition) is 1. The first-order valence-corrected chi connectivity index (χ1v) is 5.06. The molecule has 0 aromatic heterocycles. The largest absolute Gasteiger partial charge is 0.513 e. The van der Waals surface area contributed by atoms with Crippen molar-refractivity contribution in [3.63, 3.8) is 0 Å². The molecular weight excluding hydrogens is 239 g/mol. The predicted molar refractivity (Wildman–Crippen MR) is 60.3 cm³/mol. The van der Waals surface area contributed by atoms with Crippen LogP contribution in [0.1, 0.15) is 6.92 Å². The molecule has 0 aliphatic carbocycles. The fourth-order valence-electron chi connectivity index (χ4n) is 1.11. The fraction of sp³-hybridized carbons (Fsp3) is 0.200. The Bertz CT molecular complexity index is 390. The molecule has 1 nitrogen and oxygen atoms in total. The smallest absolute Gasteiger partial charge is 0.492 e. The van der Waals surface area contributed by atoms with E-state index in [1.165, 1.54) is 23.7 Å². The van der Waals surface area contributed by atoms with E-state index in [1.54, 1.807) is 6.92 Å². The van der Waals surface area contributed by atoms with E-state index in [-0.39, 0.29) is 12.4 Å². The molecule has 88 valence electrons. The molecular formula is C10H10BClF3O-. The molecule has 1 aromatic carbocycles. The second-order valence-corrected chi connectivity index (χ2v) is 3.57. The van der Waals surface area contributed by atoms with Gasteiger partial charge in [-0.15, -0.1) is 0 Å². The molecule has 0 unspecified atom stereocenters. The van der Waals surface area contributed by atoms with Crippen molar-refractivity contribution in [3.05, 3.63) is 35.4 Å². The molecule has 6 heteroatoms. The number of hydrogen-bond donors (Lipinski definition) is 0. The Labute approximate surface area is 96.9 Å². The molecule has 0 amide bonds. The first-order valence-electron chi connectivity index (χ1n) is 4.62. The normalized spacial score (nSPS) is 12.7. The van der Waals surface area contributed by atoms with E-state index in [0.717, 1.165) is 6.07 Å². The maximum Gasteiger partial charge on any atom is 0.513 e. The molecule has 0 radical (unpaired) electrons. The standard InChI is InChI=1S/C10H10BClF3O/c1-8(6-12)7-16-10-5-3-2-4-9(10)11(13,14)15/h2-6H,7H2,1H3/q-1/b8-6-. The molecule has 0 saturated carbocycles. The second-order valence-electron chi connectivity index (χ2n) is 3.36. The van der Waals surface area contributed by atoms with E-state index in [0.29, 0.717) is 5.57 Å². The van der Waals surface area contributed by atoms with Crippen LogP contribution >= 0.6 is 11.6 Å². The molecule has 0 heterocycles. The summed E-state index contributed by atoms with van der Waals surface area (Å²) in [4.78, 5) is 0. The molecule has 16 heavy (non-hydrogen) atoms. The summed E-state index contributed by atoms with van der Waals surface area (Å²) in [6, 6.07) is 5.14. The Hall–Kier alpha value is -1.10. The Kier molecular flexibility index (Phi) is 4.30. The molecule has 1 rings (SSSR count). The molecule has 0 N–H and O–H groups in total. The third kappa shape index (κ3) is 3.49. The summed E-state index contributed by atoms with van der Waals surface area (Å²) in [6.45, 7) is -3.33. The van der Waals surface area contributed by atoms with Gasteiger partial charge in [0.25, 0.3) is 0 Å². The zero-order valence-corrected chi connectivity index (χ0v) is 9.35. The van der Waals surface area contributed by atoms with Crippen molar-refractivity contribution < 1.29 is 17.7 Å². The van der Waals surface area contributed by atoms with Crippen LogP contribution < -0.4 is 10.2 Å². The SMILES string of the molecule is C/C(=C/Cl)COc1ccccc1[B-](F)(F)F. The Morgan fingerprint density at radius 3 is 2.56 bits per heavy atom. The zero-order valence-electron chi connectivity index (χ0n) is 8.59. The second kappa shape index (κ2) is 5.30. The van der Waals surface area contributed by atoms with Gasteiger partial charge < -0.3 is 17.7 Å². The maximum absolute atomic E-state index is 12.6. The van der Waals surface area contributed by atoms with Crippen LogP contribution in [0, 0.1) is 0 Å². The summed E-state index contributed by atoms with van der Waals surface area (Å²) in [5.74, 6) is -0.159. The lowest BCUT2D eigenvalue weighted by molar-refractivity contribution is 0.352. The number of rotatable bonds is 4. The molecule has 0 aliphatic heterocycles. The van der Waals surface area contributed by atoms with E-state index >= 15 is 0 Å². The molecule has 0 fully saturated rings.